The summed E-state index contributed by atoms with van der Waals surface area (Å²) in [6.45, 7) is 2.31. The topological polar surface area (TPSA) is 0 Å². The van der Waals surface area contributed by atoms with E-state index in [0.29, 0.717) is 0 Å². The third kappa shape index (κ3) is 2.50. The molecule has 0 saturated heterocycles. The fourth-order valence-electron chi connectivity index (χ4n) is 1.06. The maximum atomic E-state index is 2.31. The molecule has 0 bridgehead atoms. The van der Waals surface area contributed by atoms with Gasteiger partial charge in [-0.2, -0.15) is 0 Å². The Kier molecular flexibility index (Phi) is 2.56. The van der Waals surface area contributed by atoms with E-state index < -0.39 is 0 Å². The van der Waals surface area contributed by atoms with E-state index in [0.717, 1.165) is 5.92 Å². The highest BCUT2D eigenvalue weighted by atomic mass is 14.0. The zero-order chi connectivity index (χ0) is 6.53. The highest BCUT2D eigenvalue weighted by molar-refractivity contribution is 5.04. The minimum atomic E-state index is 0.881. The second kappa shape index (κ2) is 3.49. The monoisotopic (exact) mass is 122 g/mol. The molecule has 0 aromatic heterocycles. The van der Waals surface area contributed by atoms with Gasteiger partial charge in [-0.15, -0.1) is 0 Å². The molecule has 1 unspecified atom stereocenters. The SMILES string of the molecule is CC1CC=CC=CCC1. The van der Waals surface area contributed by atoms with Gasteiger partial charge >= 0.3 is 0 Å². The molecule has 0 amide bonds. The van der Waals surface area contributed by atoms with Crippen LogP contribution in [0.2, 0.25) is 0 Å². The molecule has 9 heavy (non-hydrogen) atoms. The summed E-state index contributed by atoms with van der Waals surface area (Å²) < 4.78 is 0. The largest absolute Gasteiger partial charge is 0.0845 e. The summed E-state index contributed by atoms with van der Waals surface area (Å²) in [5.74, 6) is 0.881. The van der Waals surface area contributed by atoms with Crippen LogP contribution < -0.4 is 0 Å². The molecule has 0 saturated carbocycles. The van der Waals surface area contributed by atoms with Crippen LogP contribution in [0.25, 0.3) is 0 Å². The molecule has 1 aliphatic carbocycles. The Morgan fingerprint density at radius 3 is 2.89 bits per heavy atom. The normalized spacial score (nSPS) is 27.4. The third-order valence-corrected chi connectivity index (χ3v) is 1.75. The van der Waals surface area contributed by atoms with Crippen LogP contribution in [0.3, 0.4) is 0 Å². The lowest BCUT2D eigenvalue weighted by Crippen LogP contribution is -1.91. The molecule has 1 atom stereocenters. The minimum Gasteiger partial charge on any atom is -0.0845 e. The molecule has 0 heterocycles. The average molecular weight is 122 g/mol. The van der Waals surface area contributed by atoms with Crippen LogP contribution in [0.1, 0.15) is 26.2 Å². The van der Waals surface area contributed by atoms with Gasteiger partial charge < -0.3 is 0 Å². The first-order chi connectivity index (χ1) is 4.39. The fraction of sp³-hybridized carbons (Fsp3) is 0.556. The van der Waals surface area contributed by atoms with Gasteiger partial charge in [-0.05, 0) is 25.2 Å². The van der Waals surface area contributed by atoms with Gasteiger partial charge in [0.2, 0.25) is 0 Å². The second-order valence-electron chi connectivity index (χ2n) is 2.77. The van der Waals surface area contributed by atoms with Gasteiger partial charge in [0, 0.05) is 0 Å². The van der Waals surface area contributed by atoms with E-state index in [2.05, 4.69) is 31.2 Å². The Balaban J connectivity index is 2.40. The van der Waals surface area contributed by atoms with Crippen molar-refractivity contribution in [3.63, 3.8) is 0 Å². The predicted molar refractivity (Wildman–Crippen MR) is 41.3 cm³/mol. The average Bonchev–Trinajstić information content (AvgIpc) is 1.79. The van der Waals surface area contributed by atoms with Crippen molar-refractivity contribution in [3.05, 3.63) is 24.3 Å². The third-order valence-electron chi connectivity index (χ3n) is 1.75. The maximum absolute atomic E-state index is 2.31. The zero-order valence-corrected chi connectivity index (χ0v) is 6.01. The van der Waals surface area contributed by atoms with Crippen molar-refractivity contribution in [2.24, 2.45) is 5.92 Å². The summed E-state index contributed by atoms with van der Waals surface area (Å²) in [6.07, 6.45) is 12.6. The van der Waals surface area contributed by atoms with Crippen LogP contribution in [0, 0.1) is 5.92 Å². The summed E-state index contributed by atoms with van der Waals surface area (Å²) in [5.41, 5.74) is 0. The summed E-state index contributed by atoms with van der Waals surface area (Å²) in [7, 11) is 0. The Hall–Kier alpha value is -0.520. The molecular formula is C9H14. The molecule has 0 nitrogen and oxygen atoms in total. The quantitative estimate of drug-likeness (QED) is 0.463. The zero-order valence-electron chi connectivity index (χ0n) is 6.01. The Morgan fingerprint density at radius 1 is 1.22 bits per heavy atom. The molecule has 50 valence electrons. The lowest BCUT2D eigenvalue weighted by Gasteiger charge is -2.06. The standard InChI is InChI=1S/C9H14/c1-9-7-5-3-2-4-6-8-9/h2-5,9H,6-8H2,1H3. The van der Waals surface area contributed by atoms with E-state index in [-0.39, 0.29) is 0 Å². The van der Waals surface area contributed by atoms with Gasteiger partial charge in [-0.25, -0.2) is 0 Å². The molecule has 0 radical (unpaired) electrons. The molecule has 0 spiro atoms. The van der Waals surface area contributed by atoms with E-state index >= 15 is 0 Å². The van der Waals surface area contributed by atoms with Gasteiger partial charge in [0.15, 0.2) is 0 Å². The molecule has 0 N–H and O–H groups in total. The van der Waals surface area contributed by atoms with Crippen molar-refractivity contribution in [2.75, 3.05) is 0 Å². The summed E-state index contributed by atoms with van der Waals surface area (Å²) in [4.78, 5) is 0. The van der Waals surface area contributed by atoms with Crippen molar-refractivity contribution in [3.8, 4) is 0 Å². The Bertz CT molecular complexity index is 120. The predicted octanol–water partition coefficient (Wildman–Crippen LogP) is 2.92. The fourth-order valence-corrected chi connectivity index (χ4v) is 1.06. The Labute approximate surface area is 57.3 Å². The molecule has 0 aromatic rings. The molecular weight excluding hydrogens is 108 g/mol. The number of hydrogen-bond acceptors (Lipinski definition) is 0. The van der Waals surface area contributed by atoms with Crippen molar-refractivity contribution in [2.45, 2.75) is 26.2 Å². The first-order valence-electron chi connectivity index (χ1n) is 3.71. The van der Waals surface area contributed by atoms with Crippen LogP contribution in [0.5, 0.6) is 0 Å². The van der Waals surface area contributed by atoms with Crippen LogP contribution in [-0.4, -0.2) is 0 Å². The maximum Gasteiger partial charge on any atom is -0.0322 e. The minimum absolute atomic E-state index is 0.881. The summed E-state index contributed by atoms with van der Waals surface area (Å²) in [5, 5.41) is 0. The van der Waals surface area contributed by atoms with Gasteiger partial charge in [-0.3, -0.25) is 0 Å². The van der Waals surface area contributed by atoms with E-state index in [9.17, 15) is 0 Å². The lowest BCUT2D eigenvalue weighted by atomic mass is 10.00. The van der Waals surface area contributed by atoms with Crippen molar-refractivity contribution in [1.82, 2.24) is 0 Å². The van der Waals surface area contributed by atoms with Crippen molar-refractivity contribution in [1.29, 1.82) is 0 Å². The van der Waals surface area contributed by atoms with Crippen LogP contribution in [-0.2, 0) is 0 Å². The summed E-state index contributed by atoms with van der Waals surface area (Å²) >= 11 is 0. The van der Waals surface area contributed by atoms with Crippen LogP contribution >= 0.6 is 0 Å². The van der Waals surface area contributed by atoms with E-state index in [1.54, 1.807) is 0 Å². The molecule has 1 aliphatic rings. The second-order valence-corrected chi connectivity index (χ2v) is 2.77. The van der Waals surface area contributed by atoms with Crippen LogP contribution in [0.15, 0.2) is 24.3 Å². The van der Waals surface area contributed by atoms with E-state index in [1.165, 1.54) is 19.3 Å². The number of hydrogen-bond donors (Lipinski definition) is 0. The number of allylic oxidation sites excluding steroid dienone is 4. The molecule has 1 rings (SSSR count). The smallest absolute Gasteiger partial charge is 0.0322 e. The van der Waals surface area contributed by atoms with Gasteiger partial charge in [-0.1, -0.05) is 31.2 Å². The van der Waals surface area contributed by atoms with E-state index in [1.807, 2.05) is 0 Å². The highest BCUT2D eigenvalue weighted by Gasteiger charge is 1.97. The summed E-state index contributed by atoms with van der Waals surface area (Å²) in [6, 6.07) is 0. The van der Waals surface area contributed by atoms with Crippen LogP contribution in [0.4, 0.5) is 0 Å². The molecule has 0 aliphatic heterocycles. The molecule has 0 aromatic carbocycles. The highest BCUT2D eigenvalue weighted by Crippen LogP contribution is 2.12. The van der Waals surface area contributed by atoms with Gasteiger partial charge in [0.1, 0.15) is 0 Å². The van der Waals surface area contributed by atoms with Gasteiger partial charge in [0.25, 0.3) is 0 Å². The van der Waals surface area contributed by atoms with Crippen molar-refractivity contribution < 1.29 is 0 Å². The van der Waals surface area contributed by atoms with Crippen molar-refractivity contribution >= 4 is 0 Å². The first-order valence-corrected chi connectivity index (χ1v) is 3.71. The number of rotatable bonds is 0. The molecule has 0 fully saturated rings. The molecule has 0 heteroatoms. The first kappa shape index (κ1) is 6.60. The van der Waals surface area contributed by atoms with E-state index in [4.69, 9.17) is 0 Å². The lowest BCUT2D eigenvalue weighted by molar-refractivity contribution is 0.544. The Morgan fingerprint density at radius 2 is 2.00 bits per heavy atom. The van der Waals surface area contributed by atoms with Gasteiger partial charge in [0.05, 0.1) is 0 Å².